The second-order valence-electron chi connectivity index (χ2n) is 1.11. The third-order valence-electron chi connectivity index (χ3n) is 0.496. The summed E-state index contributed by atoms with van der Waals surface area (Å²) in [6, 6.07) is 0. The van der Waals surface area contributed by atoms with Crippen LogP contribution in [0.5, 0.6) is 0 Å². The molecule has 8 heavy (non-hydrogen) atoms. The minimum absolute atomic E-state index is 0.380. The zero-order valence-electron chi connectivity index (χ0n) is 5.39. The molecule has 48 valence electrons. The lowest BCUT2D eigenvalue weighted by atomic mass is 10.3. The highest BCUT2D eigenvalue weighted by Crippen LogP contribution is 1.66. The van der Waals surface area contributed by atoms with E-state index in [0.29, 0.717) is 0 Å². The molecule has 0 radical (unpaired) electrons. The van der Waals surface area contributed by atoms with E-state index < -0.39 is 0 Å². The molecule has 0 heterocycles. The lowest BCUT2D eigenvalue weighted by molar-refractivity contribution is -0.134. The van der Waals surface area contributed by atoms with E-state index in [1.807, 2.05) is 0 Å². The van der Waals surface area contributed by atoms with Crippen molar-refractivity contribution in [3.8, 4) is 0 Å². The van der Waals surface area contributed by atoms with Crippen LogP contribution in [0, 0.1) is 0 Å². The zero-order chi connectivity index (χ0) is 7.15. The molecule has 0 fully saturated rings. The molecular formula is C4H11NO2Si. The van der Waals surface area contributed by atoms with Crippen LogP contribution in [-0.4, -0.2) is 22.0 Å². The minimum Gasteiger partial charge on any atom is -0.358 e. The van der Waals surface area contributed by atoms with E-state index in [1.165, 1.54) is 13.8 Å². The first-order chi connectivity index (χ1) is 3.64. The van der Waals surface area contributed by atoms with E-state index in [1.54, 1.807) is 0 Å². The summed E-state index contributed by atoms with van der Waals surface area (Å²) in [5.41, 5.74) is 0. The maximum atomic E-state index is 9.79. The van der Waals surface area contributed by atoms with Gasteiger partial charge in [-0.15, -0.1) is 0 Å². The van der Waals surface area contributed by atoms with Gasteiger partial charge in [0, 0.05) is 13.8 Å². The fourth-order valence-electron chi connectivity index (χ4n) is 0. The van der Waals surface area contributed by atoms with Crippen molar-refractivity contribution in [2.75, 3.05) is 0 Å². The smallest absolute Gasteiger partial charge is 0.195 e. The van der Waals surface area contributed by atoms with Crippen molar-refractivity contribution in [2.45, 2.75) is 13.8 Å². The molecule has 0 bridgehead atoms. The molecule has 0 saturated heterocycles. The zero-order valence-corrected chi connectivity index (χ0v) is 7.39. The van der Waals surface area contributed by atoms with Gasteiger partial charge in [0.1, 0.15) is 0 Å². The van der Waals surface area contributed by atoms with Crippen LogP contribution in [0.2, 0.25) is 0 Å². The molecule has 0 atom stereocenters. The monoisotopic (exact) mass is 133 g/mol. The molecule has 0 aliphatic carbocycles. The highest BCUT2D eigenvalue weighted by atomic mass is 28.2. The third-order valence-corrected chi connectivity index (χ3v) is 0.496. The van der Waals surface area contributed by atoms with Crippen LogP contribution in [-0.2, 0) is 9.59 Å². The van der Waals surface area contributed by atoms with Gasteiger partial charge in [0.2, 0.25) is 0 Å². The molecule has 0 spiro atoms. The largest absolute Gasteiger partial charge is 0.358 e. The Morgan fingerprint density at radius 3 is 1.25 bits per heavy atom. The van der Waals surface area contributed by atoms with E-state index >= 15 is 0 Å². The van der Waals surface area contributed by atoms with Crippen molar-refractivity contribution in [3.05, 3.63) is 0 Å². The van der Waals surface area contributed by atoms with Crippen LogP contribution in [0.15, 0.2) is 0 Å². The molecule has 0 amide bonds. The number of hydrogen-bond acceptors (Lipinski definition) is 3. The minimum atomic E-state index is -0.380. The summed E-state index contributed by atoms with van der Waals surface area (Å²) in [6.45, 7) is 2.50. The van der Waals surface area contributed by atoms with Gasteiger partial charge in [-0.05, 0) is 0 Å². The predicted molar refractivity (Wildman–Crippen MR) is 35.5 cm³/mol. The van der Waals surface area contributed by atoms with Crippen LogP contribution in [0.25, 0.3) is 0 Å². The van der Waals surface area contributed by atoms with Gasteiger partial charge in [-0.3, -0.25) is 9.59 Å². The first-order valence-corrected chi connectivity index (χ1v) is 3.39. The number of hydrogen-bond donors (Lipinski definition) is 1. The molecular weight excluding hydrogens is 122 g/mol. The van der Waals surface area contributed by atoms with Crippen LogP contribution in [0.1, 0.15) is 13.8 Å². The van der Waals surface area contributed by atoms with Gasteiger partial charge in [-0.1, -0.05) is 0 Å². The number of carbonyl (C=O) groups excluding carboxylic acids is 2. The summed E-state index contributed by atoms with van der Waals surface area (Å²) in [7, 11) is 0.806. The topological polar surface area (TPSA) is 60.2 Å². The summed E-state index contributed by atoms with van der Waals surface area (Å²) in [5.74, 6) is -0.759. The van der Waals surface area contributed by atoms with Crippen LogP contribution in [0.4, 0.5) is 0 Å². The second kappa shape index (κ2) is 6.52. The molecule has 2 N–H and O–H groups in total. The highest BCUT2D eigenvalue weighted by Gasteiger charge is 1.94. The molecule has 0 aromatic heterocycles. The number of ketones is 2. The van der Waals surface area contributed by atoms with Gasteiger partial charge in [-0.25, -0.2) is 0 Å². The fourth-order valence-corrected chi connectivity index (χ4v) is 0. The number of Topliss-reactive ketones (excluding diaryl/α,β-unsaturated/α-hetero) is 2. The van der Waals surface area contributed by atoms with E-state index in [4.69, 9.17) is 0 Å². The van der Waals surface area contributed by atoms with Crippen molar-refractivity contribution < 1.29 is 9.59 Å². The summed E-state index contributed by atoms with van der Waals surface area (Å²) >= 11 is 0. The molecule has 0 unspecified atom stereocenters. The van der Waals surface area contributed by atoms with Gasteiger partial charge >= 0.3 is 0 Å². The highest BCUT2D eigenvalue weighted by molar-refractivity contribution is 6.35. The average molecular weight is 133 g/mol. The van der Waals surface area contributed by atoms with Crippen molar-refractivity contribution in [3.63, 3.8) is 0 Å². The molecule has 0 aliphatic heterocycles. The summed E-state index contributed by atoms with van der Waals surface area (Å²) < 4.78 is 0. The second-order valence-corrected chi connectivity index (χ2v) is 1.11. The summed E-state index contributed by atoms with van der Waals surface area (Å²) in [5, 5.41) is 4.64. The predicted octanol–water partition coefficient (Wildman–Crippen LogP) is -1.61. The molecule has 0 aromatic carbocycles. The Morgan fingerprint density at radius 1 is 1.12 bits per heavy atom. The van der Waals surface area contributed by atoms with Crippen molar-refractivity contribution >= 4 is 22.0 Å². The van der Waals surface area contributed by atoms with E-state index in [2.05, 4.69) is 5.40 Å². The molecule has 0 rings (SSSR count). The van der Waals surface area contributed by atoms with E-state index in [-0.39, 0.29) is 11.6 Å². The quantitative estimate of drug-likeness (QED) is 0.346. The van der Waals surface area contributed by atoms with Crippen LogP contribution in [0.3, 0.4) is 0 Å². The summed E-state index contributed by atoms with van der Waals surface area (Å²) in [4.78, 5) is 19.6. The summed E-state index contributed by atoms with van der Waals surface area (Å²) in [6.07, 6.45) is 0. The third kappa shape index (κ3) is 9.10. The Morgan fingerprint density at radius 2 is 1.25 bits per heavy atom. The fraction of sp³-hybridized carbons (Fsp3) is 0.500. The molecule has 0 saturated carbocycles. The van der Waals surface area contributed by atoms with Crippen molar-refractivity contribution in [1.82, 2.24) is 0 Å². The van der Waals surface area contributed by atoms with Crippen molar-refractivity contribution in [1.29, 1.82) is 0 Å². The van der Waals surface area contributed by atoms with Gasteiger partial charge in [0.05, 0.1) is 10.4 Å². The Kier molecular flexibility index (Phi) is 8.54. The SMILES string of the molecule is CC(=O)C(C)=O.N[SiH3]. The lowest BCUT2D eigenvalue weighted by Crippen LogP contribution is -2.01. The molecule has 0 aliphatic rings. The number of rotatable bonds is 1. The number of nitrogens with two attached hydrogens (primary N) is 1. The molecule has 0 aromatic rings. The van der Waals surface area contributed by atoms with E-state index in [9.17, 15) is 9.59 Å². The van der Waals surface area contributed by atoms with Gasteiger partial charge in [0.25, 0.3) is 0 Å². The standard InChI is InChI=1S/C4H6O2.H5NSi/c1-3(5)4(2)6;1-2/h1-2H3;1H2,2H3. The molecule has 4 heteroatoms. The first kappa shape index (κ1) is 10.5. The maximum Gasteiger partial charge on any atom is 0.195 e. The van der Waals surface area contributed by atoms with Crippen molar-refractivity contribution in [2.24, 2.45) is 5.40 Å². The van der Waals surface area contributed by atoms with Crippen LogP contribution >= 0.6 is 0 Å². The maximum absolute atomic E-state index is 9.79. The van der Waals surface area contributed by atoms with E-state index in [0.717, 1.165) is 10.4 Å². The lowest BCUT2D eigenvalue weighted by Gasteiger charge is -1.73. The average Bonchev–Trinajstić information content (AvgIpc) is 1.72. The Hall–Kier alpha value is -0.483. The van der Waals surface area contributed by atoms with Crippen LogP contribution < -0.4 is 5.40 Å². The Bertz CT molecular complexity index is 80.0. The Labute approximate surface area is 51.8 Å². The normalized spacial score (nSPS) is 6.88. The van der Waals surface area contributed by atoms with Gasteiger partial charge in [0.15, 0.2) is 11.6 Å². The van der Waals surface area contributed by atoms with Gasteiger partial charge < -0.3 is 5.40 Å². The Balaban J connectivity index is 0. The first-order valence-electron chi connectivity index (χ1n) is 2.24. The molecule has 3 nitrogen and oxygen atoms in total. The van der Waals surface area contributed by atoms with Gasteiger partial charge in [-0.2, -0.15) is 0 Å². The number of carbonyl (C=O) groups is 2.